The molecule has 0 bridgehead atoms. The Morgan fingerprint density at radius 2 is 0.900 bits per heavy atom. The summed E-state index contributed by atoms with van der Waals surface area (Å²) in [5.41, 5.74) is 14.3. The first-order valence-corrected chi connectivity index (χ1v) is 17.7. The topological polar surface area (TPSA) is 120 Å². The van der Waals surface area contributed by atoms with Gasteiger partial charge < -0.3 is 11.5 Å². The van der Waals surface area contributed by atoms with Crippen molar-refractivity contribution in [3.8, 4) is 0 Å². The van der Waals surface area contributed by atoms with E-state index in [1.807, 2.05) is 33.6 Å². The van der Waals surface area contributed by atoms with E-state index in [-0.39, 0.29) is 59.7 Å². The van der Waals surface area contributed by atoms with E-state index in [1.165, 1.54) is 36.9 Å². The number of likely N-dealkylation sites (tertiary alicyclic amines) is 2. The summed E-state index contributed by atoms with van der Waals surface area (Å²) in [5.74, 6) is 0.119. The summed E-state index contributed by atoms with van der Waals surface area (Å²) in [5, 5.41) is 8.63. The zero-order chi connectivity index (χ0) is 34.8. The van der Waals surface area contributed by atoms with Crippen LogP contribution in [-0.4, -0.2) is 102 Å². The maximum atomic E-state index is 14.1. The van der Waals surface area contributed by atoms with Crippen LogP contribution in [0.3, 0.4) is 0 Å². The van der Waals surface area contributed by atoms with Crippen LogP contribution >= 0.6 is 0 Å². The van der Waals surface area contributed by atoms with Crippen molar-refractivity contribution in [1.29, 1.82) is 0 Å². The number of benzene rings is 2. The summed E-state index contributed by atoms with van der Waals surface area (Å²) in [6.45, 7) is 2.23. The van der Waals surface area contributed by atoms with Gasteiger partial charge >= 0.3 is 0 Å². The van der Waals surface area contributed by atoms with Crippen molar-refractivity contribution in [2.45, 2.75) is 99.0 Å². The Hall–Kier alpha value is -3.72. The monoisotopic (exact) mass is 694 g/mol. The Morgan fingerprint density at radius 3 is 1.24 bits per heavy atom. The SMILES string of the molecule is NC1CC(F)CN([C@@H]2CC(c3ccc(F)cc3)C[C@H]2n2cncn2)C1.NC1CC(F)CN([C@H]2CC(c3ccc(F)cc3)C[C@@H]2n2cncn2)C1. The van der Waals surface area contributed by atoms with Gasteiger partial charge in [0.05, 0.1) is 12.1 Å². The fourth-order valence-corrected chi connectivity index (χ4v) is 8.89. The molecule has 0 radical (unpaired) electrons. The number of nitrogens with two attached hydrogens (primary N) is 2. The Kier molecular flexibility index (Phi) is 10.6. The molecule has 268 valence electrons. The van der Waals surface area contributed by atoms with E-state index < -0.39 is 12.3 Å². The largest absolute Gasteiger partial charge is 0.326 e. The molecule has 10 nitrogen and oxygen atoms in total. The first-order valence-electron chi connectivity index (χ1n) is 17.7. The minimum Gasteiger partial charge on any atom is -0.326 e. The smallest absolute Gasteiger partial charge is 0.137 e. The predicted molar refractivity (Wildman–Crippen MR) is 181 cm³/mol. The minimum absolute atomic E-state index is 0.120. The predicted octanol–water partition coefficient (Wildman–Crippen LogP) is 4.55. The molecule has 0 amide bonds. The Morgan fingerprint density at radius 1 is 0.520 bits per heavy atom. The Labute approximate surface area is 289 Å². The number of hydrogen-bond acceptors (Lipinski definition) is 8. The van der Waals surface area contributed by atoms with E-state index in [2.05, 4.69) is 30.0 Å². The van der Waals surface area contributed by atoms with E-state index in [1.54, 1.807) is 12.7 Å². The van der Waals surface area contributed by atoms with Crippen LogP contribution in [0.5, 0.6) is 0 Å². The van der Waals surface area contributed by atoms with Crippen LogP contribution in [0.25, 0.3) is 0 Å². The van der Waals surface area contributed by atoms with Gasteiger partial charge in [0.1, 0.15) is 49.3 Å². The third kappa shape index (κ3) is 7.93. The van der Waals surface area contributed by atoms with Crippen LogP contribution in [0.2, 0.25) is 0 Å². The molecule has 4 aromatic rings. The van der Waals surface area contributed by atoms with Crippen molar-refractivity contribution in [1.82, 2.24) is 39.3 Å². The number of alkyl halides is 2. The van der Waals surface area contributed by atoms with Crippen molar-refractivity contribution in [2.75, 3.05) is 26.2 Å². The zero-order valence-corrected chi connectivity index (χ0v) is 28.0. The van der Waals surface area contributed by atoms with E-state index in [0.29, 0.717) is 39.0 Å². The van der Waals surface area contributed by atoms with Crippen LogP contribution in [0.1, 0.15) is 73.6 Å². The highest BCUT2D eigenvalue weighted by molar-refractivity contribution is 5.24. The van der Waals surface area contributed by atoms with Crippen LogP contribution in [-0.2, 0) is 0 Å². The number of piperidine rings is 2. The lowest BCUT2D eigenvalue weighted by atomic mass is 9.96. The van der Waals surface area contributed by atoms with Gasteiger partial charge in [-0.2, -0.15) is 10.2 Å². The van der Waals surface area contributed by atoms with Gasteiger partial charge in [0.25, 0.3) is 0 Å². The Bertz CT molecular complexity index is 1480. The molecule has 6 unspecified atom stereocenters. The summed E-state index contributed by atoms with van der Waals surface area (Å²) in [6.07, 6.45) is 9.12. The minimum atomic E-state index is -0.884. The van der Waals surface area contributed by atoms with E-state index in [9.17, 15) is 17.6 Å². The molecular weight excluding hydrogens is 648 g/mol. The zero-order valence-electron chi connectivity index (χ0n) is 28.0. The molecule has 4 aliphatic rings. The van der Waals surface area contributed by atoms with Gasteiger partial charge in [0, 0.05) is 50.3 Å². The lowest BCUT2D eigenvalue weighted by Crippen LogP contribution is -2.53. The number of rotatable bonds is 6. The van der Waals surface area contributed by atoms with Crippen molar-refractivity contribution < 1.29 is 17.6 Å². The van der Waals surface area contributed by atoms with Gasteiger partial charge in [-0.15, -0.1) is 0 Å². The average Bonchev–Trinajstić information content (AvgIpc) is 3.92. The second-order valence-electron chi connectivity index (χ2n) is 14.6. The fraction of sp³-hybridized carbons (Fsp3) is 0.556. The van der Waals surface area contributed by atoms with Gasteiger partial charge in [-0.3, -0.25) is 9.80 Å². The molecule has 4 N–H and O–H groups in total. The van der Waals surface area contributed by atoms with Gasteiger partial charge in [0.2, 0.25) is 0 Å². The molecule has 2 saturated heterocycles. The quantitative estimate of drug-likeness (QED) is 0.283. The molecule has 14 heteroatoms. The third-order valence-electron chi connectivity index (χ3n) is 11.1. The first-order chi connectivity index (χ1) is 24.2. The molecule has 2 aromatic carbocycles. The Balaban J connectivity index is 0.000000157. The molecule has 4 fully saturated rings. The molecule has 2 saturated carbocycles. The number of aromatic nitrogens is 6. The van der Waals surface area contributed by atoms with E-state index >= 15 is 0 Å². The standard InChI is InChI=1S/2C18H23F2N5/c2*19-14-3-1-12(2-4-14)13-5-17(18(6-13)25-11-22-10-23-25)24-8-15(20)7-16(21)9-24/h2*1-4,10-11,13,15-18H,5-9,21H2/t2*13?,15?,16?,17-,18-/m10/s1. The summed E-state index contributed by atoms with van der Waals surface area (Å²) < 4.78 is 58.4. The molecule has 8 rings (SSSR count). The lowest BCUT2D eigenvalue weighted by Gasteiger charge is -2.39. The highest BCUT2D eigenvalue weighted by atomic mass is 19.1. The molecule has 4 heterocycles. The average molecular weight is 695 g/mol. The molecule has 0 spiro atoms. The molecule has 10 atom stereocenters. The molecule has 50 heavy (non-hydrogen) atoms. The van der Waals surface area contributed by atoms with Gasteiger partial charge in [-0.1, -0.05) is 24.3 Å². The second-order valence-corrected chi connectivity index (χ2v) is 14.6. The maximum Gasteiger partial charge on any atom is 0.137 e. The van der Waals surface area contributed by atoms with Crippen LogP contribution in [0, 0.1) is 11.6 Å². The second kappa shape index (κ2) is 15.3. The molecular formula is C36H46F4N10. The highest BCUT2D eigenvalue weighted by Gasteiger charge is 2.44. The van der Waals surface area contributed by atoms with Crippen molar-refractivity contribution in [3.63, 3.8) is 0 Å². The summed E-state index contributed by atoms with van der Waals surface area (Å²) in [7, 11) is 0. The highest BCUT2D eigenvalue weighted by Crippen LogP contribution is 2.45. The van der Waals surface area contributed by atoms with Gasteiger partial charge in [-0.05, 0) is 85.8 Å². The summed E-state index contributed by atoms with van der Waals surface area (Å²) in [4.78, 5) is 12.5. The van der Waals surface area contributed by atoms with E-state index in [4.69, 9.17) is 11.5 Å². The number of halogens is 4. The first kappa shape index (κ1) is 34.7. The summed E-state index contributed by atoms with van der Waals surface area (Å²) in [6, 6.07) is 13.7. The van der Waals surface area contributed by atoms with Crippen molar-refractivity contribution >= 4 is 0 Å². The molecule has 2 aromatic heterocycles. The third-order valence-corrected chi connectivity index (χ3v) is 11.1. The van der Waals surface area contributed by atoms with Crippen molar-refractivity contribution in [3.05, 3.63) is 96.6 Å². The maximum absolute atomic E-state index is 14.1. The fourth-order valence-electron chi connectivity index (χ4n) is 8.89. The normalized spacial score (nSPS) is 33.6. The van der Waals surface area contributed by atoms with Crippen LogP contribution < -0.4 is 11.5 Å². The van der Waals surface area contributed by atoms with E-state index in [0.717, 1.165) is 36.8 Å². The molecule has 2 aliphatic heterocycles. The van der Waals surface area contributed by atoms with Crippen LogP contribution in [0.15, 0.2) is 73.8 Å². The van der Waals surface area contributed by atoms with Gasteiger partial charge in [0.15, 0.2) is 0 Å². The lowest BCUT2D eigenvalue weighted by molar-refractivity contribution is 0.0689. The molecule has 2 aliphatic carbocycles. The van der Waals surface area contributed by atoms with Gasteiger partial charge in [-0.25, -0.2) is 36.9 Å². The van der Waals surface area contributed by atoms with Crippen LogP contribution in [0.4, 0.5) is 17.6 Å². The number of hydrogen-bond donors (Lipinski definition) is 2. The number of nitrogens with zero attached hydrogens (tertiary/aromatic N) is 8. The van der Waals surface area contributed by atoms with Crippen molar-refractivity contribution in [2.24, 2.45) is 11.5 Å². The summed E-state index contributed by atoms with van der Waals surface area (Å²) >= 11 is 0.